The number of anilines is 1. The molecule has 0 unspecified atom stereocenters. The molecule has 2 N–H and O–H groups in total. The van der Waals surface area contributed by atoms with Crippen molar-refractivity contribution in [3.8, 4) is 0 Å². The Bertz CT molecular complexity index is 1230. The third kappa shape index (κ3) is 5.49. The fourth-order valence-corrected chi connectivity index (χ4v) is 8.54. The molecular formula is C32H42Cl2N4O4. The van der Waals surface area contributed by atoms with E-state index in [0.717, 1.165) is 45.2 Å². The van der Waals surface area contributed by atoms with E-state index in [4.69, 9.17) is 27.9 Å². The zero-order valence-corrected chi connectivity index (χ0v) is 26.0. The highest BCUT2D eigenvalue weighted by Gasteiger charge is 2.72. The van der Waals surface area contributed by atoms with Crippen LogP contribution in [0.25, 0.3) is 0 Å². The van der Waals surface area contributed by atoms with E-state index in [2.05, 4.69) is 29.4 Å². The minimum absolute atomic E-state index is 0.0496. The molecule has 1 spiro atoms. The molecule has 0 aromatic heterocycles. The molecule has 2 bridgehead atoms. The highest BCUT2D eigenvalue weighted by molar-refractivity contribution is 6.35. The Labute approximate surface area is 258 Å². The van der Waals surface area contributed by atoms with Crippen molar-refractivity contribution < 1.29 is 19.1 Å². The molecule has 4 aliphatic heterocycles. The van der Waals surface area contributed by atoms with Gasteiger partial charge in [-0.25, -0.2) is 0 Å². The molecule has 4 heterocycles. The zero-order chi connectivity index (χ0) is 29.6. The second-order valence-corrected chi connectivity index (χ2v) is 13.9. The summed E-state index contributed by atoms with van der Waals surface area (Å²) in [5, 5.41) is 7.04. The first kappa shape index (κ1) is 29.9. The van der Waals surface area contributed by atoms with Crippen LogP contribution >= 0.6 is 23.2 Å². The molecule has 3 amide bonds. The van der Waals surface area contributed by atoms with Crippen LogP contribution in [0.3, 0.4) is 0 Å². The monoisotopic (exact) mass is 616 g/mol. The Hall–Kier alpha value is -2.13. The van der Waals surface area contributed by atoms with Gasteiger partial charge in [-0.2, -0.15) is 0 Å². The first-order valence-corrected chi connectivity index (χ1v) is 16.4. The number of ether oxygens (including phenoxy) is 1. The van der Waals surface area contributed by atoms with Gasteiger partial charge in [0.1, 0.15) is 11.6 Å². The molecule has 6 rings (SSSR count). The summed E-state index contributed by atoms with van der Waals surface area (Å²) < 4.78 is 6.53. The molecular weight excluding hydrogens is 575 g/mol. The summed E-state index contributed by atoms with van der Waals surface area (Å²) in [6, 6.07) is 4.06. The first-order chi connectivity index (χ1) is 20.2. The maximum absolute atomic E-state index is 14.3. The predicted octanol–water partition coefficient (Wildman–Crippen LogP) is 4.90. The zero-order valence-electron chi connectivity index (χ0n) is 24.5. The standard InChI is InChI=1S/C32H42Cl2N4O4/c1-19-8-7-9-24(20(19)2)36-30(40)28-32-11-10-25(42-32)26(29(39)35-23-17-21(33)16-22(34)18-23)27(32)31(41)38(28)15-14-37-12-5-3-4-6-13-37/h10-11,16-20,24-28H,3-9,12-15H2,1-2H3,(H,35,39)(H,36,40)/t19-,20-,24+,25+,26+,27+,28+,32+/m1/s1. The number of nitrogens with one attached hydrogen (secondary N) is 2. The van der Waals surface area contributed by atoms with Gasteiger partial charge in [0, 0.05) is 34.9 Å². The molecule has 1 saturated carbocycles. The van der Waals surface area contributed by atoms with Crippen molar-refractivity contribution in [1.82, 2.24) is 15.1 Å². The van der Waals surface area contributed by atoms with Crippen LogP contribution in [0.2, 0.25) is 10.0 Å². The number of nitrogens with zero attached hydrogens (tertiary/aromatic N) is 2. The van der Waals surface area contributed by atoms with Crippen molar-refractivity contribution in [2.75, 3.05) is 31.5 Å². The van der Waals surface area contributed by atoms with Crippen LogP contribution in [0, 0.1) is 23.7 Å². The number of rotatable bonds is 7. The predicted molar refractivity (Wildman–Crippen MR) is 163 cm³/mol. The number of carbonyl (C=O) groups is 3. The lowest BCUT2D eigenvalue weighted by atomic mass is 9.73. The summed E-state index contributed by atoms with van der Waals surface area (Å²) >= 11 is 12.3. The fourth-order valence-electron chi connectivity index (χ4n) is 8.02. The quantitative estimate of drug-likeness (QED) is 0.425. The molecule has 5 aliphatic rings. The number of fused-ring (bicyclic) bond motifs is 1. The Balaban J connectivity index is 1.28. The normalized spacial score (nSPS) is 36.1. The highest BCUT2D eigenvalue weighted by Crippen LogP contribution is 2.55. The lowest BCUT2D eigenvalue weighted by Gasteiger charge is -2.38. The largest absolute Gasteiger partial charge is 0.359 e. The topological polar surface area (TPSA) is 91.0 Å². The average Bonchev–Trinajstić information content (AvgIpc) is 3.48. The van der Waals surface area contributed by atoms with Crippen molar-refractivity contribution in [2.45, 2.75) is 82.6 Å². The van der Waals surface area contributed by atoms with Crippen LogP contribution in [-0.2, 0) is 19.1 Å². The Morgan fingerprint density at radius 2 is 1.69 bits per heavy atom. The van der Waals surface area contributed by atoms with Crippen molar-refractivity contribution in [2.24, 2.45) is 23.7 Å². The van der Waals surface area contributed by atoms with E-state index in [0.29, 0.717) is 40.7 Å². The van der Waals surface area contributed by atoms with Crippen LogP contribution in [0.5, 0.6) is 0 Å². The number of likely N-dealkylation sites (tertiary alicyclic amines) is 2. The summed E-state index contributed by atoms with van der Waals surface area (Å²) in [5.74, 6) is -1.40. The maximum atomic E-state index is 14.3. The molecule has 1 aliphatic carbocycles. The van der Waals surface area contributed by atoms with Gasteiger partial charge in [-0.1, -0.05) is 74.9 Å². The fraction of sp³-hybridized carbons (Fsp3) is 0.656. The molecule has 1 aromatic rings. The number of halogens is 2. The molecule has 228 valence electrons. The molecule has 10 heteroatoms. The van der Waals surface area contributed by atoms with E-state index >= 15 is 0 Å². The van der Waals surface area contributed by atoms with Gasteiger partial charge in [0.25, 0.3) is 0 Å². The number of carbonyl (C=O) groups excluding carboxylic acids is 3. The lowest BCUT2D eigenvalue weighted by molar-refractivity contribution is -0.141. The molecule has 0 radical (unpaired) electrons. The minimum Gasteiger partial charge on any atom is -0.359 e. The first-order valence-electron chi connectivity index (χ1n) is 15.7. The van der Waals surface area contributed by atoms with Crippen LogP contribution in [-0.4, -0.2) is 77.5 Å². The second kappa shape index (κ2) is 12.1. The smallest absolute Gasteiger partial charge is 0.246 e. The van der Waals surface area contributed by atoms with Crippen LogP contribution in [0.15, 0.2) is 30.4 Å². The van der Waals surface area contributed by atoms with Gasteiger partial charge in [-0.15, -0.1) is 0 Å². The highest BCUT2D eigenvalue weighted by atomic mass is 35.5. The summed E-state index contributed by atoms with van der Waals surface area (Å²) in [6.45, 7) is 7.55. The van der Waals surface area contributed by atoms with E-state index in [1.807, 2.05) is 12.2 Å². The van der Waals surface area contributed by atoms with Crippen molar-refractivity contribution in [1.29, 1.82) is 0 Å². The molecule has 4 fully saturated rings. The van der Waals surface area contributed by atoms with Crippen LogP contribution in [0.1, 0.15) is 58.8 Å². The summed E-state index contributed by atoms with van der Waals surface area (Å²) in [5.41, 5.74) is -0.723. The molecule has 42 heavy (non-hydrogen) atoms. The Kier molecular flexibility index (Phi) is 8.62. The van der Waals surface area contributed by atoms with Crippen molar-refractivity contribution in [3.05, 3.63) is 40.4 Å². The van der Waals surface area contributed by atoms with Gasteiger partial charge in [0.05, 0.1) is 17.9 Å². The SMILES string of the molecule is C[C@@H]1[C@H](C)CCC[C@@H]1NC(=O)[C@@H]1N(CCN2CCCCCC2)C(=O)[C@@H]2[C@@H](C(=O)Nc3cc(Cl)cc(Cl)c3)[C@@H]3C=C[C@]21O3. The van der Waals surface area contributed by atoms with Crippen LogP contribution in [0.4, 0.5) is 5.69 Å². The number of benzene rings is 1. The van der Waals surface area contributed by atoms with E-state index in [-0.39, 0.29) is 23.8 Å². The Morgan fingerprint density at radius 1 is 0.976 bits per heavy atom. The summed E-state index contributed by atoms with van der Waals surface area (Å²) in [7, 11) is 0. The molecule has 8 atom stereocenters. The Morgan fingerprint density at radius 3 is 2.40 bits per heavy atom. The maximum Gasteiger partial charge on any atom is 0.246 e. The lowest BCUT2D eigenvalue weighted by Crippen LogP contribution is -2.58. The number of hydrogen-bond acceptors (Lipinski definition) is 5. The van der Waals surface area contributed by atoms with E-state index in [9.17, 15) is 14.4 Å². The third-order valence-electron chi connectivity index (χ3n) is 10.4. The summed E-state index contributed by atoms with van der Waals surface area (Å²) in [4.78, 5) is 46.4. The molecule has 3 saturated heterocycles. The number of amides is 3. The van der Waals surface area contributed by atoms with Crippen molar-refractivity contribution >= 4 is 46.6 Å². The van der Waals surface area contributed by atoms with Gasteiger partial charge in [0.15, 0.2) is 0 Å². The van der Waals surface area contributed by atoms with Gasteiger partial charge >= 0.3 is 0 Å². The molecule has 8 nitrogen and oxygen atoms in total. The summed E-state index contributed by atoms with van der Waals surface area (Å²) in [6.07, 6.45) is 11.0. The average molecular weight is 618 g/mol. The van der Waals surface area contributed by atoms with Gasteiger partial charge in [-0.3, -0.25) is 14.4 Å². The van der Waals surface area contributed by atoms with Gasteiger partial charge in [0.2, 0.25) is 17.7 Å². The second-order valence-electron chi connectivity index (χ2n) is 13.0. The molecule has 1 aromatic carbocycles. The van der Waals surface area contributed by atoms with E-state index in [1.54, 1.807) is 23.1 Å². The van der Waals surface area contributed by atoms with Gasteiger partial charge < -0.3 is 25.2 Å². The van der Waals surface area contributed by atoms with E-state index in [1.165, 1.54) is 12.8 Å². The third-order valence-corrected chi connectivity index (χ3v) is 10.9. The van der Waals surface area contributed by atoms with Crippen molar-refractivity contribution in [3.63, 3.8) is 0 Å². The number of hydrogen-bond donors (Lipinski definition) is 2. The van der Waals surface area contributed by atoms with Crippen LogP contribution < -0.4 is 10.6 Å². The van der Waals surface area contributed by atoms with E-state index < -0.39 is 29.6 Å². The van der Waals surface area contributed by atoms with Gasteiger partial charge in [-0.05, 0) is 62.4 Å². The minimum atomic E-state index is -1.18.